The third kappa shape index (κ3) is 65.9. The molecule has 2 atom stereocenters. The number of aliphatic hydroxyl groups excluding tert-OH is 2. The highest BCUT2D eigenvalue weighted by Gasteiger charge is 2.20. The predicted octanol–water partition coefficient (Wildman–Crippen LogP) is 23.8. The van der Waals surface area contributed by atoms with Crippen LogP contribution in [-0.4, -0.2) is 47.4 Å². The fraction of sp³-hybridized carbons (Fsp3) is 0.973. The molecule has 0 radical (unpaired) electrons. The third-order valence-corrected chi connectivity index (χ3v) is 17.7. The van der Waals surface area contributed by atoms with E-state index in [9.17, 15) is 19.8 Å². The molecule has 0 aromatic heterocycles. The van der Waals surface area contributed by atoms with Crippen LogP contribution in [0, 0.1) is 0 Å². The number of hydrogen-bond acceptors (Lipinski definition) is 5. The summed E-state index contributed by atoms with van der Waals surface area (Å²) in [7, 11) is 0. The van der Waals surface area contributed by atoms with Crippen molar-refractivity contribution < 1.29 is 24.5 Å². The van der Waals surface area contributed by atoms with Crippen LogP contribution >= 0.6 is 0 Å². The zero-order valence-electron chi connectivity index (χ0n) is 54.2. The number of ether oxygens (including phenoxy) is 1. The number of nitrogens with one attached hydrogen (secondary N) is 1. The van der Waals surface area contributed by atoms with E-state index >= 15 is 0 Å². The molecule has 0 aromatic carbocycles. The van der Waals surface area contributed by atoms with E-state index in [1.807, 2.05) is 0 Å². The summed E-state index contributed by atoms with van der Waals surface area (Å²) in [5.41, 5.74) is 0. The SMILES string of the molecule is CCCCCCCCCCCCCCCCCCCCCCCCCCC(O)C(CO)NC(=O)CCCCCCCCCCCCCCCCCCCCCCCCCCCCOC(=O)CCCCCCCCCCCCCC. The van der Waals surface area contributed by atoms with Crippen molar-refractivity contribution >= 4 is 11.9 Å². The number of carbonyl (C=O) groups is 2. The van der Waals surface area contributed by atoms with Crippen molar-refractivity contribution in [2.45, 2.75) is 443 Å². The first kappa shape index (κ1) is 77.9. The molecule has 0 aliphatic carbocycles. The molecule has 0 saturated heterocycles. The lowest BCUT2D eigenvalue weighted by molar-refractivity contribution is -0.143. The van der Waals surface area contributed by atoms with Gasteiger partial charge in [-0.1, -0.05) is 393 Å². The highest BCUT2D eigenvalue weighted by Crippen LogP contribution is 2.20. The summed E-state index contributed by atoms with van der Waals surface area (Å²) in [5.74, 6) is -0.00708. The number of esters is 1. The second-order valence-electron chi connectivity index (χ2n) is 25.6. The van der Waals surface area contributed by atoms with Crippen molar-refractivity contribution in [2.75, 3.05) is 13.2 Å². The molecule has 1 amide bonds. The Morgan fingerprint density at radius 2 is 0.519 bits per heavy atom. The number of carbonyl (C=O) groups excluding carboxylic acids is 2. The van der Waals surface area contributed by atoms with E-state index in [2.05, 4.69) is 19.2 Å². The van der Waals surface area contributed by atoms with Crippen LogP contribution in [0.15, 0.2) is 0 Å². The van der Waals surface area contributed by atoms with Gasteiger partial charge in [0.15, 0.2) is 0 Å². The number of rotatable bonds is 70. The van der Waals surface area contributed by atoms with Gasteiger partial charge in [-0.05, 0) is 25.7 Å². The highest BCUT2D eigenvalue weighted by atomic mass is 16.5. The average molecular weight is 1120 g/mol. The minimum absolute atomic E-state index is 0.0195. The van der Waals surface area contributed by atoms with Crippen LogP contribution in [0.5, 0.6) is 0 Å². The number of aliphatic hydroxyl groups is 2. The molecule has 2 unspecified atom stereocenters. The Morgan fingerprint density at radius 3 is 0.772 bits per heavy atom. The molecule has 0 heterocycles. The molecule has 0 fully saturated rings. The zero-order chi connectivity index (χ0) is 57.1. The maximum atomic E-state index is 12.6. The Kier molecular flexibility index (Phi) is 68.4. The minimum Gasteiger partial charge on any atom is -0.466 e. The van der Waals surface area contributed by atoms with Crippen LogP contribution in [0.2, 0.25) is 0 Å². The largest absolute Gasteiger partial charge is 0.466 e. The molecule has 0 rings (SSSR count). The van der Waals surface area contributed by atoms with Gasteiger partial charge in [0, 0.05) is 12.8 Å². The van der Waals surface area contributed by atoms with Gasteiger partial charge < -0.3 is 20.3 Å². The van der Waals surface area contributed by atoms with Crippen LogP contribution in [-0.2, 0) is 14.3 Å². The van der Waals surface area contributed by atoms with Crippen molar-refractivity contribution in [3.63, 3.8) is 0 Å². The lowest BCUT2D eigenvalue weighted by Gasteiger charge is -2.22. The Balaban J connectivity index is 3.35. The van der Waals surface area contributed by atoms with E-state index in [4.69, 9.17) is 4.74 Å². The zero-order valence-corrected chi connectivity index (χ0v) is 54.2. The molecule has 3 N–H and O–H groups in total. The molecule has 0 spiro atoms. The first-order valence-electron chi connectivity index (χ1n) is 36.8. The lowest BCUT2D eigenvalue weighted by atomic mass is 10.0. The monoisotopic (exact) mass is 1120 g/mol. The second-order valence-corrected chi connectivity index (χ2v) is 25.6. The molecule has 6 heteroatoms. The molecular weight excluding hydrogens is 971 g/mol. The fourth-order valence-electron chi connectivity index (χ4n) is 12.1. The van der Waals surface area contributed by atoms with E-state index in [0.717, 1.165) is 38.5 Å². The van der Waals surface area contributed by atoms with Crippen molar-refractivity contribution in [1.82, 2.24) is 5.32 Å². The minimum atomic E-state index is -0.663. The average Bonchev–Trinajstić information content (AvgIpc) is 3.45. The van der Waals surface area contributed by atoms with Crippen molar-refractivity contribution in [3.05, 3.63) is 0 Å². The van der Waals surface area contributed by atoms with Gasteiger partial charge >= 0.3 is 5.97 Å². The van der Waals surface area contributed by atoms with E-state index in [0.29, 0.717) is 25.9 Å². The summed E-state index contributed by atoms with van der Waals surface area (Å²) in [6.45, 7) is 5.01. The Hall–Kier alpha value is -1.14. The molecule has 472 valence electrons. The molecule has 0 saturated carbocycles. The van der Waals surface area contributed by atoms with Gasteiger partial charge in [0.05, 0.1) is 25.4 Å². The van der Waals surface area contributed by atoms with E-state index < -0.39 is 12.1 Å². The first-order chi connectivity index (χ1) is 39.0. The summed E-state index contributed by atoms with van der Waals surface area (Å²) in [4.78, 5) is 24.6. The standard InChI is InChI=1S/C73H145NO5/c1-3-5-7-9-11-13-15-17-18-19-20-21-22-27-30-33-36-39-42-45-49-53-57-61-65-71(76)70(69-75)74-72(77)66-62-58-54-50-46-43-40-37-34-31-28-25-23-24-26-29-32-35-38-41-44-48-52-56-60-64-68-79-73(78)67-63-59-55-51-47-16-14-12-10-8-6-4-2/h70-71,75-76H,3-69H2,1-2H3,(H,74,77). The van der Waals surface area contributed by atoms with E-state index in [1.165, 1.54) is 360 Å². The normalized spacial score (nSPS) is 12.4. The maximum absolute atomic E-state index is 12.6. The third-order valence-electron chi connectivity index (χ3n) is 17.7. The lowest BCUT2D eigenvalue weighted by Crippen LogP contribution is -2.45. The summed E-state index contributed by atoms with van der Waals surface area (Å²) in [5, 5.41) is 23.5. The fourth-order valence-corrected chi connectivity index (χ4v) is 12.1. The van der Waals surface area contributed by atoms with E-state index in [-0.39, 0.29) is 18.5 Å². The van der Waals surface area contributed by atoms with Crippen LogP contribution in [0.1, 0.15) is 431 Å². The van der Waals surface area contributed by atoms with Gasteiger partial charge in [0.2, 0.25) is 5.91 Å². The molecule has 0 aliphatic rings. The molecule has 79 heavy (non-hydrogen) atoms. The first-order valence-corrected chi connectivity index (χ1v) is 36.8. The highest BCUT2D eigenvalue weighted by molar-refractivity contribution is 5.76. The van der Waals surface area contributed by atoms with Crippen molar-refractivity contribution in [1.29, 1.82) is 0 Å². The quantitative estimate of drug-likeness (QED) is 0.0417. The van der Waals surface area contributed by atoms with Crippen LogP contribution < -0.4 is 5.32 Å². The van der Waals surface area contributed by atoms with Gasteiger partial charge in [0.25, 0.3) is 0 Å². The Bertz CT molecular complexity index is 1150. The molecule has 0 aliphatic heterocycles. The summed E-state index contributed by atoms with van der Waals surface area (Å²) in [6, 6.07) is -0.540. The predicted molar refractivity (Wildman–Crippen MR) is 347 cm³/mol. The summed E-state index contributed by atoms with van der Waals surface area (Å²) >= 11 is 0. The van der Waals surface area contributed by atoms with Crippen molar-refractivity contribution in [2.24, 2.45) is 0 Å². The van der Waals surface area contributed by atoms with Gasteiger partial charge in [0.1, 0.15) is 0 Å². The van der Waals surface area contributed by atoms with Crippen LogP contribution in [0.25, 0.3) is 0 Å². The van der Waals surface area contributed by atoms with Gasteiger partial charge in [-0.3, -0.25) is 9.59 Å². The Labute approximate surface area is 496 Å². The Morgan fingerprint density at radius 1 is 0.304 bits per heavy atom. The molecule has 6 nitrogen and oxygen atoms in total. The van der Waals surface area contributed by atoms with Gasteiger partial charge in [-0.15, -0.1) is 0 Å². The smallest absolute Gasteiger partial charge is 0.305 e. The molecule has 0 aromatic rings. The molecule has 0 bridgehead atoms. The van der Waals surface area contributed by atoms with Gasteiger partial charge in [-0.25, -0.2) is 0 Å². The van der Waals surface area contributed by atoms with Crippen LogP contribution in [0.3, 0.4) is 0 Å². The maximum Gasteiger partial charge on any atom is 0.305 e. The number of unbranched alkanes of at least 4 members (excludes halogenated alkanes) is 59. The molecular formula is C73H145NO5. The summed E-state index contributed by atoms with van der Waals surface area (Å²) < 4.78 is 5.49. The second kappa shape index (κ2) is 69.4. The summed E-state index contributed by atoms with van der Waals surface area (Å²) in [6.07, 6.45) is 84.5. The van der Waals surface area contributed by atoms with Gasteiger partial charge in [-0.2, -0.15) is 0 Å². The topological polar surface area (TPSA) is 95.9 Å². The van der Waals surface area contributed by atoms with E-state index in [1.54, 1.807) is 0 Å². The van der Waals surface area contributed by atoms with Crippen molar-refractivity contribution in [3.8, 4) is 0 Å². The number of hydrogen-bond donors (Lipinski definition) is 3. The number of amides is 1. The van der Waals surface area contributed by atoms with Crippen LogP contribution in [0.4, 0.5) is 0 Å².